The fourth-order valence-corrected chi connectivity index (χ4v) is 4.20. The van der Waals surface area contributed by atoms with Crippen molar-refractivity contribution in [3.8, 4) is 11.4 Å². The zero-order chi connectivity index (χ0) is 26.1. The van der Waals surface area contributed by atoms with E-state index < -0.39 is 29.6 Å². The first-order valence-electron chi connectivity index (χ1n) is 10.4. The van der Waals surface area contributed by atoms with Crippen LogP contribution in [0.2, 0.25) is 5.15 Å². The number of carbonyl (C=O) groups is 3. The number of hydrogen-bond acceptors (Lipinski definition) is 6. The first kappa shape index (κ1) is 26.1. The van der Waals surface area contributed by atoms with Gasteiger partial charge in [0.15, 0.2) is 0 Å². The van der Waals surface area contributed by atoms with Crippen molar-refractivity contribution in [3.63, 3.8) is 0 Å². The largest absolute Gasteiger partial charge is 0.451 e. The molecule has 2 aromatic rings. The molecule has 3 heterocycles. The number of hydrogen-bond donors (Lipinski definition) is 1. The highest BCUT2D eigenvalue weighted by molar-refractivity contribution is 6.29. The van der Waals surface area contributed by atoms with Crippen molar-refractivity contribution >= 4 is 29.3 Å². The number of pyridine rings is 1. The van der Waals surface area contributed by atoms with E-state index >= 15 is 0 Å². The number of amides is 3. The van der Waals surface area contributed by atoms with Crippen LogP contribution in [0, 0.1) is 0 Å². The minimum absolute atomic E-state index is 0.0612. The third-order valence-electron chi connectivity index (χ3n) is 5.44. The van der Waals surface area contributed by atoms with Crippen molar-refractivity contribution in [2.45, 2.75) is 32.1 Å². The minimum atomic E-state index is -4.92. The Bertz CT molecular complexity index is 1190. The van der Waals surface area contributed by atoms with Crippen LogP contribution in [0.25, 0.3) is 11.4 Å². The topological polar surface area (TPSA) is 108 Å². The molecule has 35 heavy (non-hydrogen) atoms. The molecule has 1 aliphatic heterocycles. The predicted octanol–water partition coefficient (Wildman–Crippen LogP) is 2.88. The molecule has 2 aromatic heterocycles. The van der Waals surface area contributed by atoms with Gasteiger partial charge in [0.05, 0.1) is 17.4 Å². The minimum Gasteiger partial charge on any atom is -0.354 e. The van der Waals surface area contributed by atoms with E-state index in [4.69, 9.17) is 11.6 Å². The second-order valence-electron chi connectivity index (χ2n) is 7.89. The number of piperazine rings is 1. The Hall–Kier alpha value is -3.54. The molecule has 3 rings (SSSR count). The van der Waals surface area contributed by atoms with Crippen LogP contribution in [0.4, 0.5) is 13.2 Å². The van der Waals surface area contributed by atoms with Gasteiger partial charge in [0, 0.05) is 33.1 Å². The van der Waals surface area contributed by atoms with Gasteiger partial charge in [-0.3, -0.25) is 14.4 Å². The van der Waals surface area contributed by atoms with Crippen molar-refractivity contribution in [2.75, 3.05) is 20.1 Å². The fraction of sp³-hybridized carbons (Fsp3) is 0.364. The predicted molar refractivity (Wildman–Crippen MR) is 120 cm³/mol. The third kappa shape index (κ3) is 5.59. The Kier molecular flexibility index (Phi) is 7.44. The van der Waals surface area contributed by atoms with Crippen LogP contribution in [0.5, 0.6) is 0 Å². The smallest absolute Gasteiger partial charge is 0.354 e. The van der Waals surface area contributed by atoms with Gasteiger partial charge in [0.25, 0.3) is 5.91 Å². The Morgan fingerprint density at radius 3 is 2.37 bits per heavy atom. The molecule has 2 atom stereocenters. The van der Waals surface area contributed by atoms with E-state index in [1.807, 2.05) is 0 Å². The number of alkyl halides is 3. The van der Waals surface area contributed by atoms with Crippen LogP contribution in [0.1, 0.15) is 41.8 Å². The molecule has 9 nitrogen and oxygen atoms in total. The summed E-state index contributed by atoms with van der Waals surface area (Å²) in [5.41, 5.74) is -0.425. The molecule has 3 amide bonds. The summed E-state index contributed by atoms with van der Waals surface area (Å²) < 4.78 is 40.3. The molecule has 1 aliphatic rings. The summed E-state index contributed by atoms with van der Waals surface area (Å²) in [5.74, 6) is -2.95. The second-order valence-corrected chi connectivity index (χ2v) is 8.27. The molecule has 0 saturated carbocycles. The lowest BCUT2D eigenvalue weighted by Gasteiger charge is -2.45. The van der Waals surface area contributed by atoms with Gasteiger partial charge in [-0.15, -0.1) is 0 Å². The van der Waals surface area contributed by atoms with Gasteiger partial charge in [0.2, 0.25) is 17.6 Å². The van der Waals surface area contributed by atoms with Crippen LogP contribution < -0.4 is 5.32 Å². The summed E-state index contributed by atoms with van der Waals surface area (Å²) in [4.78, 5) is 50.8. The number of nitrogens with zero attached hydrogens (tertiary/aromatic N) is 5. The van der Waals surface area contributed by atoms with Crippen molar-refractivity contribution in [1.82, 2.24) is 30.1 Å². The van der Waals surface area contributed by atoms with Crippen LogP contribution in [-0.2, 0) is 15.8 Å². The van der Waals surface area contributed by atoms with E-state index in [0.29, 0.717) is 5.56 Å². The molecule has 0 aliphatic carbocycles. The molecule has 0 radical (unpaired) electrons. The van der Waals surface area contributed by atoms with Crippen LogP contribution >= 0.6 is 11.6 Å². The second kappa shape index (κ2) is 9.98. The van der Waals surface area contributed by atoms with Crippen molar-refractivity contribution < 1.29 is 27.6 Å². The Morgan fingerprint density at radius 1 is 1.14 bits per heavy atom. The van der Waals surface area contributed by atoms with E-state index in [0.717, 1.165) is 12.1 Å². The number of halogens is 4. The van der Waals surface area contributed by atoms with Gasteiger partial charge in [-0.05, 0) is 36.8 Å². The molecular weight excluding hydrogens is 489 g/mol. The van der Waals surface area contributed by atoms with Crippen LogP contribution in [0.15, 0.2) is 30.9 Å². The highest BCUT2D eigenvalue weighted by Gasteiger charge is 2.38. The zero-order valence-electron chi connectivity index (χ0n) is 19.1. The van der Waals surface area contributed by atoms with Crippen molar-refractivity contribution in [1.29, 1.82) is 0 Å². The molecule has 1 saturated heterocycles. The lowest BCUT2D eigenvalue weighted by Crippen LogP contribution is -2.56. The van der Waals surface area contributed by atoms with Gasteiger partial charge < -0.3 is 15.1 Å². The van der Waals surface area contributed by atoms with Gasteiger partial charge in [-0.25, -0.2) is 15.0 Å². The first-order valence-corrected chi connectivity index (χ1v) is 10.8. The van der Waals surface area contributed by atoms with Crippen molar-refractivity contribution in [2.24, 2.45) is 0 Å². The number of carbonyl (C=O) groups excluding carboxylic acids is 3. The van der Waals surface area contributed by atoms with Gasteiger partial charge in [-0.2, -0.15) is 13.2 Å². The summed E-state index contributed by atoms with van der Waals surface area (Å²) in [6.07, 6.45) is -3.76. The highest BCUT2D eigenvalue weighted by Crippen LogP contribution is 2.33. The monoisotopic (exact) mass is 510 g/mol. The van der Waals surface area contributed by atoms with Gasteiger partial charge >= 0.3 is 6.18 Å². The molecule has 186 valence electrons. The molecule has 0 aromatic carbocycles. The quantitative estimate of drug-likeness (QED) is 0.500. The third-order valence-corrected chi connectivity index (χ3v) is 5.64. The van der Waals surface area contributed by atoms with Crippen molar-refractivity contribution in [3.05, 3.63) is 53.1 Å². The summed E-state index contributed by atoms with van der Waals surface area (Å²) >= 11 is 6.21. The highest BCUT2D eigenvalue weighted by atomic mass is 35.5. The Morgan fingerprint density at radius 2 is 1.80 bits per heavy atom. The summed E-state index contributed by atoms with van der Waals surface area (Å²) in [5, 5.41) is 2.15. The number of aromatic nitrogens is 3. The molecule has 1 fully saturated rings. The maximum absolute atomic E-state index is 13.4. The number of rotatable bonds is 4. The lowest BCUT2D eigenvalue weighted by atomic mass is 9.98. The number of nitrogens with one attached hydrogen (secondary N) is 1. The Labute approximate surface area is 204 Å². The summed E-state index contributed by atoms with van der Waals surface area (Å²) in [6, 6.07) is 2.93. The van der Waals surface area contributed by atoms with E-state index in [9.17, 15) is 27.6 Å². The lowest BCUT2D eigenvalue weighted by molar-refractivity contribution is -0.145. The molecule has 1 N–H and O–H groups in total. The van der Waals surface area contributed by atoms with Gasteiger partial charge in [0.1, 0.15) is 10.8 Å². The fourth-order valence-electron chi connectivity index (χ4n) is 3.98. The standard InChI is InChI=1S/C22H22ClF3N6O3/c1-5-19(34)31-9-11(2)32(12(3)33)17(10-31)13-6-14(28-18(23)7-13)15-8-16(20(35)27-4)30-21(29-15)22(24,25)26/h5-8,11,17H,1,9-10H2,2-4H3,(H,27,35)/t11-,17+/m1/s1. The maximum atomic E-state index is 13.4. The van der Waals surface area contributed by atoms with Crippen LogP contribution in [-0.4, -0.2) is 68.7 Å². The molecular formula is C22H22ClF3N6O3. The summed E-state index contributed by atoms with van der Waals surface area (Å²) in [6.45, 7) is 7.04. The summed E-state index contributed by atoms with van der Waals surface area (Å²) in [7, 11) is 1.25. The van der Waals surface area contributed by atoms with Gasteiger partial charge in [-0.1, -0.05) is 18.2 Å². The van der Waals surface area contributed by atoms with E-state index in [-0.39, 0.29) is 47.5 Å². The van der Waals surface area contributed by atoms with E-state index in [1.165, 1.54) is 31.0 Å². The maximum Gasteiger partial charge on any atom is 0.451 e. The molecule has 0 bridgehead atoms. The first-order chi connectivity index (χ1) is 16.3. The normalized spacial score (nSPS) is 18.3. The Balaban J connectivity index is 2.16. The molecule has 0 spiro atoms. The average molecular weight is 511 g/mol. The molecule has 0 unspecified atom stereocenters. The average Bonchev–Trinajstić information content (AvgIpc) is 2.80. The van der Waals surface area contributed by atoms with E-state index in [2.05, 4.69) is 26.8 Å². The SMILES string of the molecule is C=CC(=O)N1C[C@@H](C)N(C(C)=O)[C@H](c2cc(Cl)nc(-c3cc(C(=O)NC)nc(C(F)(F)F)n3)c2)C1. The zero-order valence-corrected chi connectivity index (χ0v) is 19.8. The molecule has 13 heteroatoms. The van der Waals surface area contributed by atoms with E-state index in [1.54, 1.807) is 11.8 Å². The van der Waals surface area contributed by atoms with Crippen LogP contribution in [0.3, 0.4) is 0 Å².